The molecule has 24 heavy (non-hydrogen) atoms. The van der Waals surface area contributed by atoms with Crippen LogP contribution in [0.1, 0.15) is 23.4 Å². The van der Waals surface area contributed by atoms with E-state index in [-0.39, 0.29) is 16.8 Å². The molecule has 0 aliphatic rings. The number of likely N-dealkylation sites (N-methyl/N-ethyl adjacent to an activating group) is 1. The van der Waals surface area contributed by atoms with Gasteiger partial charge >= 0.3 is 0 Å². The van der Waals surface area contributed by atoms with Crippen molar-refractivity contribution >= 4 is 44.9 Å². The third kappa shape index (κ3) is 4.67. The highest BCUT2D eigenvalue weighted by molar-refractivity contribution is 7.89. The molecular weight excluding hydrogens is 368 g/mol. The Morgan fingerprint density at radius 1 is 1.25 bits per heavy atom. The Morgan fingerprint density at radius 3 is 2.38 bits per heavy atom. The number of amides is 1. The summed E-state index contributed by atoms with van der Waals surface area (Å²) in [5.41, 5.74) is 0.811. The fourth-order valence-corrected chi connectivity index (χ4v) is 3.52. The Balaban J connectivity index is 2.09. The van der Waals surface area contributed by atoms with E-state index in [1.165, 1.54) is 29.5 Å². The third-order valence-electron chi connectivity index (χ3n) is 3.60. The Hall–Kier alpha value is -1.67. The van der Waals surface area contributed by atoms with Crippen LogP contribution in [0.2, 0.25) is 4.34 Å². The molecule has 2 N–H and O–H groups in total. The van der Waals surface area contributed by atoms with Gasteiger partial charge in [0.25, 0.3) is 0 Å². The van der Waals surface area contributed by atoms with Crippen LogP contribution in [0.3, 0.4) is 0 Å². The fourth-order valence-electron chi connectivity index (χ4n) is 2.04. The second-order valence-corrected chi connectivity index (χ2v) is 8.52. The molecule has 2 rings (SSSR count). The normalized spacial score (nSPS) is 13.2. The van der Waals surface area contributed by atoms with Crippen LogP contribution in [0, 0.1) is 0 Å². The summed E-state index contributed by atoms with van der Waals surface area (Å²) in [6.07, 6.45) is 3.20. The molecule has 1 unspecified atom stereocenters. The number of hydrogen-bond donors (Lipinski definition) is 1. The Labute approximate surface area is 150 Å². The zero-order valence-corrected chi connectivity index (χ0v) is 15.5. The number of hydrogen-bond acceptors (Lipinski definition) is 4. The maximum Gasteiger partial charge on any atom is 0.246 e. The molecule has 0 bridgehead atoms. The van der Waals surface area contributed by atoms with Crippen LogP contribution in [-0.4, -0.2) is 26.3 Å². The summed E-state index contributed by atoms with van der Waals surface area (Å²) in [4.78, 5) is 14.8. The number of sulfonamides is 1. The van der Waals surface area contributed by atoms with Gasteiger partial charge in [0.1, 0.15) is 0 Å². The SMILES string of the molecule is CC(c1ccc(S(N)(=O)=O)cc1)N(C)C(=O)C=Cc1ccc(Cl)s1. The fraction of sp³-hybridized carbons (Fsp3) is 0.188. The summed E-state index contributed by atoms with van der Waals surface area (Å²) in [5, 5.41) is 5.08. The Bertz CT molecular complexity index is 858. The van der Waals surface area contributed by atoms with Gasteiger partial charge in [0.15, 0.2) is 0 Å². The van der Waals surface area contributed by atoms with Gasteiger partial charge in [-0.25, -0.2) is 13.6 Å². The van der Waals surface area contributed by atoms with Crippen molar-refractivity contribution < 1.29 is 13.2 Å². The van der Waals surface area contributed by atoms with Gasteiger partial charge in [-0.15, -0.1) is 11.3 Å². The first-order valence-electron chi connectivity index (χ1n) is 7.01. The largest absolute Gasteiger partial charge is 0.335 e. The molecule has 0 saturated carbocycles. The first kappa shape index (κ1) is 18.7. The minimum absolute atomic E-state index is 0.0434. The average Bonchev–Trinajstić information content (AvgIpc) is 2.96. The number of nitrogens with two attached hydrogens (primary N) is 1. The number of rotatable bonds is 5. The summed E-state index contributed by atoms with van der Waals surface area (Å²) in [6.45, 7) is 1.86. The van der Waals surface area contributed by atoms with Crippen LogP contribution in [-0.2, 0) is 14.8 Å². The first-order chi connectivity index (χ1) is 11.2. The first-order valence-corrected chi connectivity index (χ1v) is 9.75. The highest BCUT2D eigenvalue weighted by Crippen LogP contribution is 2.23. The average molecular weight is 385 g/mol. The number of halogens is 1. The highest BCUT2D eigenvalue weighted by atomic mass is 35.5. The zero-order chi connectivity index (χ0) is 17.9. The molecule has 1 atom stereocenters. The maximum atomic E-state index is 12.3. The van der Waals surface area contributed by atoms with E-state index >= 15 is 0 Å². The molecule has 0 fully saturated rings. The zero-order valence-electron chi connectivity index (χ0n) is 13.1. The van der Waals surface area contributed by atoms with Crippen molar-refractivity contribution in [2.45, 2.75) is 17.9 Å². The lowest BCUT2D eigenvalue weighted by Gasteiger charge is -2.24. The Morgan fingerprint density at radius 2 is 1.88 bits per heavy atom. The van der Waals surface area contributed by atoms with E-state index in [0.717, 1.165) is 10.4 Å². The predicted molar refractivity (Wildman–Crippen MR) is 97.4 cm³/mol. The summed E-state index contributed by atoms with van der Waals surface area (Å²) in [6, 6.07) is 9.56. The van der Waals surface area contributed by atoms with Gasteiger partial charge < -0.3 is 4.90 Å². The molecule has 1 amide bonds. The number of nitrogens with zero attached hydrogens (tertiary/aromatic N) is 1. The second-order valence-electron chi connectivity index (χ2n) is 5.21. The minimum atomic E-state index is -3.72. The minimum Gasteiger partial charge on any atom is -0.335 e. The number of primary sulfonamides is 1. The van der Waals surface area contributed by atoms with Crippen LogP contribution in [0.4, 0.5) is 0 Å². The number of carbonyl (C=O) groups is 1. The van der Waals surface area contributed by atoms with Crippen molar-refractivity contribution in [1.29, 1.82) is 0 Å². The molecular formula is C16H17ClN2O3S2. The van der Waals surface area contributed by atoms with E-state index in [9.17, 15) is 13.2 Å². The van der Waals surface area contributed by atoms with Crippen LogP contribution < -0.4 is 5.14 Å². The molecule has 0 aliphatic heterocycles. The molecule has 5 nitrogen and oxygen atoms in total. The summed E-state index contributed by atoms with van der Waals surface area (Å²) in [7, 11) is -2.03. The number of thiophene rings is 1. The molecule has 1 heterocycles. The van der Waals surface area contributed by atoms with Gasteiger partial charge in [-0.3, -0.25) is 4.79 Å². The van der Waals surface area contributed by atoms with Crippen molar-refractivity contribution in [1.82, 2.24) is 4.90 Å². The number of benzene rings is 1. The van der Waals surface area contributed by atoms with Gasteiger partial charge in [0.05, 0.1) is 15.3 Å². The molecule has 0 saturated heterocycles. The smallest absolute Gasteiger partial charge is 0.246 e. The van der Waals surface area contributed by atoms with Gasteiger partial charge in [-0.2, -0.15) is 0 Å². The highest BCUT2D eigenvalue weighted by Gasteiger charge is 2.16. The Kier molecular flexibility index (Phi) is 5.82. The molecule has 128 valence electrons. The van der Waals surface area contributed by atoms with Gasteiger partial charge in [0, 0.05) is 18.0 Å². The monoisotopic (exact) mass is 384 g/mol. The summed E-state index contributed by atoms with van der Waals surface area (Å²) >= 11 is 7.24. The molecule has 1 aromatic heterocycles. The molecule has 8 heteroatoms. The van der Waals surface area contributed by atoms with Crippen LogP contribution in [0.15, 0.2) is 47.4 Å². The molecule has 1 aromatic carbocycles. The van der Waals surface area contributed by atoms with Crippen molar-refractivity contribution in [3.8, 4) is 0 Å². The van der Waals surface area contributed by atoms with Gasteiger partial charge in [-0.05, 0) is 42.8 Å². The quantitative estimate of drug-likeness (QED) is 0.803. The lowest BCUT2D eigenvalue weighted by atomic mass is 10.1. The lowest BCUT2D eigenvalue weighted by molar-refractivity contribution is -0.126. The van der Waals surface area contributed by atoms with Crippen molar-refractivity contribution in [3.05, 3.63) is 57.3 Å². The van der Waals surface area contributed by atoms with E-state index in [4.69, 9.17) is 16.7 Å². The lowest BCUT2D eigenvalue weighted by Crippen LogP contribution is -2.28. The maximum absolute atomic E-state index is 12.3. The van der Waals surface area contributed by atoms with Gasteiger partial charge in [0.2, 0.25) is 15.9 Å². The van der Waals surface area contributed by atoms with Crippen LogP contribution in [0.25, 0.3) is 6.08 Å². The topological polar surface area (TPSA) is 80.5 Å². The van der Waals surface area contributed by atoms with E-state index in [1.54, 1.807) is 36.2 Å². The van der Waals surface area contributed by atoms with E-state index < -0.39 is 10.0 Å². The van der Waals surface area contributed by atoms with Crippen molar-refractivity contribution in [2.75, 3.05) is 7.05 Å². The third-order valence-corrected chi connectivity index (χ3v) is 5.73. The van der Waals surface area contributed by atoms with Crippen molar-refractivity contribution in [3.63, 3.8) is 0 Å². The van der Waals surface area contributed by atoms with Crippen LogP contribution in [0.5, 0.6) is 0 Å². The molecule has 2 aromatic rings. The molecule has 0 aliphatic carbocycles. The second kappa shape index (κ2) is 7.48. The summed E-state index contributed by atoms with van der Waals surface area (Å²) < 4.78 is 23.2. The number of carbonyl (C=O) groups excluding carboxylic acids is 1. The molecule has 0 radical (unpaired) electrons. The van der Waals surface area contributed by atoms with E-state index in [1.807, 2.05) is 13.0 Å². The van der Waals surface area contributed by atoms with Crippen molar-refractivity contribution in [2.24, 2.45) is 5.14 Å². The van der Waals surface area contributed by atoms with Crippen LogP contribution >= 0.6 is 22.9 Å². The predicted octanol–water partition coefficient (Wildman–Crippen LogP) is 3.28. The molecule has 0 spiro atoms. The standard InChI is InChI=1S/C16H17ClN2O3S2/c1-11(12-3-7-14(8-4-12)24(18,21)22)19(2)16(20)10-6-13-5-9-15(17)23-13/h3-11H,1-2H3,(H2,18,21,22). The van der Waals surface area contributed by atoms with E-state index in [2.05, 4.69) is 0 Å². The van der Waals surface area contributed by atoms with Gasteiger partial charge in [-0.1, -0.05) is 23.7 Å². The van der Waals surface area contributed by atoms with E-state index in [0.29, 0.717) is 4.34 Å². The summed E-state index contributed by atoms with van der Waals surface area (Å²) in [5.74, 6) is -0.164.